The van der Waals surface area contributed by atoms with Crippen molar-refractivity contribution in [2.24, 2.45) is 0 Å². The van der Waals surface area contributed by atoms with Crippen molar-refractivity contribution in [1.82, 2.24) is 9.97 Å². The fourth-order valence-corrected chi connectivity index (χ4v) is 3.55. The van der Waals surface area contributed by atoms with Crippen LogP contribution in [0.1, 0.15) is 46.4 Å². The molecule has 1 unspecified atom stereocenters. The van der Waals surface area contributed by atoms with Gasteiger partial charge in [-0.3, -0.25) is 4.79 Å². The van der Waals surface area contributed by atoms with Gasteiger partial charge in [-0.15, -0.1) is 0 Å². The van der Waals surface area contributed by atoms with Gasteiger partial charge >= 0.3 is 0 Å². The zero-order chi connectivity index (χ0) is 18.8. The summed E-state index contributed by atoms with van der Waals surface area (Å²) in [5, 5.41) is 3.93. The Labute approximate surface area is 163 Å². The number of ketones is 1. The van der Waals surface area contributed by atoms with Gasteiger partial charge in [0.05, 0.1) is 11.3 Å². The second-order valence-electron chi connectivity index (χ2n) is 6.81. The van der Waals surface area contributed by atoms with Crippen LogP contribution in [0, 0.1) is 0 Å². The van der Waals surface area contributed by atoms with Crippen LogP contribution in [0.5, 0.6) is 0 Å². The average Bonchev–Trinajstić information content (AvgIpc) is 2.69. The topological polar surface area (TPSA) is 54.9 Å². The molecule has 3 aromatic rings. The molecule has 1 aliphatic rings. The van der Waals surface area contributed by atoms with Crippen LogP contribution < -0.4 is 5.32 Å². The van der Waals surface area contributed by atoms with Gasteiger partial charge in [-0.25, -0.2) is 9.97 Å². The Kier molecular flexibility index (Phi) is 4.90. The lowest BCUT2D eigenvalue weighted by molar-refractivity contribution is 0.0962. The van der Waals surface area contributed by atoms with Gasteiger partial charge in [0.2, 0.25) is 5.95 Å². The number of halogens is 1. The predicted octanol–water partition coefficient (Wildman–Crippen LogP) is 5.35. The molecule has 5 heteroatoms. The van der Waals surface area contributed by atoms with Gasteiger partial charge in [0.1, 0.15) is 0 Å². The minimum absolute atomic E-state index is 0.0926. The van der Waals surface area contributed by atoms with Crippen LogP contribution in [0.2, 0.25) is 5.02 Å². The van der Waals surface area contributed by atoms with E-state index in [-0.39, 0.29) is 11.7 Å². The number of hydrogen-bond donors (Lipinski definition) is 1. The Balaban J connectivity index is 1.57. The number of benzene rings is 2. The van der Waals surface area contributed by atoms with Gasteiger partial charge in [0.15, 0.2) is 5.78 Å². The summed E-state index contributed by atoms with van der Waals surface area (Å²) in [6.45, 7) is 2.13. The van der Waals surface area contributed by atoms with Crippen LogP contribution in [0.3, 0.4) is 0 Å². The van der Waals surface area contributed by atoms with Crippen LogP contribution in [0.15, 0.2) is 54.7 Å². The fourth-order valence-electron chi connectivity index (χ4n) is 3.43. The van der Waals surface area contributed by atoms with E-state index in [9.17, 15) is 4.79 Å². The average molecular weight is 378 g/mol. The van der Waals surface area contributed by atoms with E-state index in [4.69, 9.17) is 11.6 Å². The second kappa shape index (κ2) is 7.49. The molecule has 0 bridgehead atoms. The van der Waals surface area contributed by atoms with Crippen molar-refractivity contribution in [3.63, 3.8) is 0 Å². The molecule has 0 saturated carbocycles. The molecule has 4 nitrogen and oxygen atoms in total. The lowest BCUT2D eigenvalue weighted by Gasteiger charge is -2.23. The molecule has 1 aliphatic carbocycles. The van der Waals surface area contributed by atoms with E-state index in [1.165, 1.54) is 5.56 Å². The molecule has 0 fully saturated rings. The van der Waals surface area contributed by atoms with E-state index in [2.05, 4.69) is 34.3 Å². The van der Waals surface area contributed by atoms with Crippen LogP contribution in [0.25, 0.3) is 0 Å². The van der Waals surface area contributed by atoms with E-state index in [0.29, 0.717) is 29.4 Å². The molecule has 2 aromatic carbocycles. The molecule has 0 aliphatic heterocycles. The van der Waals surface area contributed by atoms with E-state index in [0.717, 1.165) is 23.4 Å². The van der Waals surface area contributed by atoms with Gasteiger partial charge in [-0.05, 0) is 54.2 Å². The Morgan fingerprint density at radius 3 is 2.52 bits per heavy atom. The van der Waals surface area contributed by atoms with Crippen molar-refractivity contribution in [2.45, 2.75) is 32.1 Å². The lowest BCUT2D eigenvalue weighted by Crippen LogP contribution is -2.21. The molecular weight excluding hydrogens is 358 g/mol. The van der Waals surface area contributed by atoms with Crippen molar-refractivity contribution in [3.8, 4) is 0 Å². The van der Waals surface area contributed by atoms with Crippen LogP contribution >= 0.6 is 11.6 Å². The van der Waals surface area contributed by atoms with Crippen molar-refractivity contribution in [1.29, 1.82) is 0 Å². The maximum Gasteiger partial charge on any atom is 0.227 e. The van der Waals surface area contributed by atoms with E-state index >= 15 is 0 Å². The maximum absolute atomic E-state index is 12.5. The Morgan fingerprint density at radius 1 is 1.07 bits per heavy atom. The SMILES string of the molecule is CCc1ccc(Nc2ncc3c(n2)CC(c2ccc(Cl)cc2)CC3=O)cc1. The van der Waals surface area contributed by atoms with Crippen LogP contribution in [-0.4, -0.2) is 15.8 Å². The smallest absolute Gasteiger partial charge is 0.227 e. The highest BCUT2D eigenvalue weighted by atomic mass is 35.5. The monoisotopic (exact) mass is 377 g/mol. The van der Waals surface area contributed by atoms with Crippen LogP contribution in [-0.2, 0) is 12.8 Å². The summed E-state index contributed by atoms with van der Waals surface area (Å²) in [7, 11) is 0. The fraction of sp³-hybridized carbons (Fsp3) is 0.227. The van der Waals surface area contributed by atoms with Gasteiger partial charge < -0.3 is 5.32 Å². The van der Waals surface area contributed by atoms with Gasteiger partial charge in [-0.1, -0.05) is 42.8 Å². The first-order valence-electron chi connectivity index (χ1n) is 9.13. The minimum Gasteiger partial charge on any atom is -0.324 e. The summed E-state index contributed by atoms with van der Waals surface area (Å²) in [6, 6.07) is 15.9. The van der Waals surface area contributed by atoms with Gasteiger partial charge in [-0.2, -0.15) is 0 Å². The van der Waals surface area contributed by atoms with Gasteiger partial charge in [0, 0.05) is 23.3 Å². The summed E-state index contributed by atoms with van der Waals surface area (Å²) in [4.78, 5) is 21.5. The molecule has 4 rings (SSSR count). The molecule has 0 saturated heterocycles. The third kappa shape index (κ3) is 3.86. The Morgan fingerprint density at radius 2 is 1.81 bits per heavy atom. The van der Waals surface area contributed by atoms with Crippen molar-refractivity contribution in [3.05, 3.63) is 82.1 Å². The van der Waals surface area contributed by atoms with Gasteiger partial charge in [0.25, 0.3) is 0 Å². The first kappa shape index (κ1) is 17.7. The molecule has 1 heterocycles. The molecule has 27 heavy (non-hydrogen) atoms. The molecular formula is C22H20ClN3O. The molecule has 136 valence electrons. The molecule has 0 spiro atoms. The number of hydrogen-bond acceptors (Lipinski definition) is 4. The molecule has 1 aromatic heterocycles. The number of nitrogens with zero attached hydrogens (tertiary/aromatic N) is 2. The largest absolute Gasteiger partial charge is 0.324 e. The van der Waals surface area contributed by atoms with Crippen LogP contribution in [0.4, 0.5) is 11.6 Å². The van der Waals surface area contributed by atoms with Crippen molar-refractivity contribution < 1.29 is 4.79 Å². The molecule has 0 radical (unpaired) electrons. The number of anilines is 2. The van der Waals surface area contributed by atoms with E-state index in [1.807, 2.05) is 36.4 Å². The lowest BCUT2D eigenvalue weighted by atomic mass is 9.82. The number of carbonyl (C=O) groups excluding carboxylic acids is 1. The highest BCUT2D eigenvalue weighted by Crippen LogP contribution is 2.32. The molecule has 0 amide bonds. The van der Waals surface area contributed by atoms with E-state index in [1.54, 1.807) is 6.20 Å². The van der Waals surface area contributed by atoms with Crippen molar-refractivity contribution >= 4 is 29.0 Å². The standard InChI is InChI=1S/C22H20ClN3O/c1-2-14-3-9-18(10-4-14)25-22-24-13-19-20(26-22)11-16(12-21(19)27)15-5-7-17(23)8-6-15/h3-10,13,16H,2,11-12H2,1H3,(H,24,25,26). The number of aryl methyl sites for hydroxylation is 1. The molecule has 1 atom stereocenters. The first-order chi connectivity index (χ1) is 13.1. The first-order valence-corrected chi connectivity index (χ1v) is 9.50. The summed E-state index contributed by atoms with van der Waals surface area (Å²) < 4.78 is 0. The number of aromatic nitrogens is 2. The third-order valence-corrected chi connectivity index (χ3v) is 5.25. The second-order valence-corrected chi connectivity index (χ2v) is 7.25. The van der Waals surface area contributed by atoms with Crippen molar-refractivity contribution in [2.75, 3.05) is 5.32 Å². The summed E-state index contributed by atoms with van der Waals surface area (Å²) in [6.07, 6.45) is 3.84. The number of rotatable bonds is 4. The Hall–Kier alpha value is -2.72. The summed E-state index contributed by atoms with van der Waals surface area (Å²) in [5.74, 6) is 0.728. The number of Topliss-reactive ketones (excluding diaryl/α,β-unsaturated/α-hetero) is 1. The summed E-state index contributed by atoms with van der Waals surface area (Å²) in [5.41, 5.74) is 4.76. The van der Waals surface area contributed by atoms with E-state index < -0.39 is 0 Å². The minimum atomic E-state index is 0.0926. The normalized spacial score (nSPS) is 16.1. The highest BCUT2D eigenvalue weighted by molar-refractivity contribution is 6.30. The molecule has 1 N–H and O–H groups in total. The maximum atomic E-state index is 12.5. The zero-order valence-electron chi connectivity index (χ0n) is 15.1. The zero-order valence-corrected chi connectivity index (χ0v) is 15.8. The third-order valence-electron chi connectivity index (χ3n) is 5.00. The number of fused-ring (bicyclic) bond motifs is 1. The summed E-state index contributed by atoms with van der Waals surface area (Å²) >= 11 is 5.98. The Bertz CT molecular complexity index is 968. The number of carbonyl (C=O) groups is 1. The predicted molar refractivity (Wildman–Crippen MR) is 108 cm³/mol. The quantitative estimate of drug-likeness (QED) is 0.666. The highest BCUT2D eigenvalue weighted by Gasteiger charge is 2.28. The number of nitrogens with one attached hydrogen (secondary N) is 1.